The number of phenolic OH excluding ortho intramolecular Hbond substituents is 2. The first-order valence-electron chi connectivity index (χ1n) is 10.0. The third kappa shape index (κ3) is 6.50. The van der Waals surface area contributed by atoms with E-state index in [9.17, 15) is 24.9 Å². The second kappa shape index (κ2) is 10.9. The number of carbonyl (C=O) groups excluding carboxylic acids is 2. The van der Waals surface area contributed by atoms with Crippen molar-refractivity contribution in [1.29, 1.82) is 0 Å². The molecule has 0 aliphatic heterocycles. The molecule has 0 fully saturated rings. The number of carbonyl (C=O) groups is 2. The Bertz CT molecular complexity index is 1190. The number of rotatable bonds is 8. The van der Waals surface area contributed by atoms with Gasteiger partial charge in [-0.1, -0.05) is 45.8 Å². The monoisotopic (exact) mass is 511 g/mol. The molecule has 33 heavy (non-hydrogen) atoms. The van der Waals surface area contributed by atoms with Crippen LogP contribution in [0.15, 0.2) is 70.1 Å². The van der Waals surface area contributed by atoms with Crippen molar-refractivity contribution in [1.82, 2.24) is 0 Å². The Morgan fingerprint density at radius 3 is 2.48 bits per heavy atom. The Hall–Kier alpha value is -3.49. The largest absolute Gasteiger partial charge is 0.508 e. The van der Waals surface area contributed by atoms with Gasteiger partial charge in [-0.2, -0.15) is 0 Å². The van der Waals surface area contributed by atoms with E-state index in [1.54, 1.807) is 36.4 Å². The van der Waals surface area contributed by atoms with Crippen molar-refractivity contribution in [2.75, 3.05) is 6.61 Å². The molecule has 8 heteroatoms. The lowest BCUT2D eigenvalue weighted by atomic mass is 10.0. The summed E-state index contributed by atoms with van der Waals surface area (Å²) in [5.41, 5.74) is 2.19. The summed E-state index contributed by atoms with van der Waals surface area (Å²) < 4.78 is 5.90. The lowest BCUT2D eigenvalue weighted by Crippen LogP contribution is -2.24. The van der Waals surface area contributed by atoms with Crippen molar-refractivity contribution < 1.29 is 29.6 Å². The van der Waals surface area contributed by atoms with E-state index in [1.165, 1.54) is 24.4 Å². The van der Waals surface area contributed by atoms with Crippen LogP contribution in [0.2, 0.25) is 0 Å². The Morgan fingerprint density at radius 2 is 1.82 bits per heavy atom. The topological polar surface area (TPSA) is 116 Å². The van der Waals surface area contributed by atoms with Gasteiger partial charge in [0.2, 0.25) is 0 Å². The van der Waals surface area contributed by atoms with Gasteiger partial charge in [-0.3, -0.25) is 9.79 Å². The molecule has 0 aliphatic rings. The molecule has 0 bridgehead atoms. The number of aromatic hydroxyl groups is 2. The first kappa shape index (κ1) is 24.2. The van der Waals surface area contributed by atoms with Gasteiger partial charge >= 0.3 is 5.97 Å². The molecule has 170 valence electrons. The standard InChI is InChI=1S/C25H22BrNO6/c1-15-3-2-4-17(9-15)25(32)33-23-12-19(26)11-18(24(23)31)13-27-21(22(30)14-28)10-16-5-7-20(29)8-6-16/h2-9,11-13,21,28-29,31H,10,14H2,1H3. The molecule has 3 aromatic carbocycles. The summed E-state index contributed by atoms with van der Waals surface area (Å²) in [6, 6.07) is 15.3. The van der Waals surface area contributed by atoms with E-state index < -0.39 is 24.4 Å². The average Bonchev–Trinajstić information content (AvgIpc) is 2.80. The van der Waals surface area contributed by atoms with Crippen LogP contribution in [0.4, 0.5) is 0 Å². The van der Waals surface area contributed by atoms with Crippen molar-refractivity contribution in [3.63, 3.8) is 0 Å². The molecular weight excluding hydrogens is 490 g/mol. The summed E-state index contributed by atoms with van der Waals surface area (Å²) in [6.07, 6.45) is 1.49. The number of esters is 1. The molecule has 0 spiro atoms. The Balaban J connectivity index is 1.85. The second-order valence-corrected chi connectivity index (χ2v) is 8.31. The van der Waals surface area contributed by atoms with Gasteiger partial charge in [-0.25, -0.2) is 4.79 Å². The highest BCUT2D eigenvalue weighted by Gasteiger charge is 2.19. The maximum absolute atomic E-state index is 12.5. The molecule has 0 saturated heterocycles. The fraction of sp³-hybridized carbons (Fsp3) is 0.160. The number of aryl methyl sites for hydroxylation is 1. The zero-order valence-electron chi connectivity index (χ0n) is 17.7. The Kier molecular flexibility index (Phi) is 7.97. The molecule has 3 rings (SSSR count). The number of hydrogen-bond donors (Lipinski definition) is 3. The number of aliphatic hydroxyl groups is 1. The third-order valence-corrected chi connectivity index (χ3v) is 5.27. The molecule has 0 aromatic heterocycles. The first-order valence-corrected chi connectivity index (χ1v) is 10.8. The number of Topliss-reactive ketones (excluding diaryl/α,β-unsaturated/α-hetero) is 1. The predicted molar refractivity (Wildman–Crippen MR) is 127 cm³/mol. The second-order valence-electron chi connectivity index (χ2n) is 7.39. The Morgan fingerprint density at radius 1 is 1.09 bits per heavy atom. The molecule has 0 saturated carbocycles. The van der Waals surface area contributed by atoms with Crippen molar-refractivity contribution in [3.05, 3.63) is 87.4 Å². The summed E-state index contributed by atoms with van der Waals surface area (Å²) in [6.45, 7) is 1.16. The fourth-order valence-electron chi connectivity index (χ4n) is 3.08. The van der Waals surface area contributed by atoms with E-state index >= 15 is 0 Å². The fourth-order valence-corrected chi connectivity index (χ4v) is 3.54. The third-order valence-electron chi connectivity index (χ3n) is 4.81. The molecule has 0 heterocycles. The van der Waals surface area contributed by atoms with E-state index in [2.05, 4.69) is 20.9 Å². The number of halogens is 1. The van der Waals surface area contributed by atoms with Gasteiger partial charge in [-0.15, -0.1) is 0 Å². The van der Waals surface area contributed by atoms with E-state index in [1.807, 2.05) is 13.0 Å². The van der Waals surface area contributed by atoms with Crippen molar-refractivity contribution in [2.24, 2.45) is 4.99 Å². The van der Waals surface area contributed by atoms with E-state index in [0.29, 0.717) is 10.0 Å². The van der Waals surface area contributed by atoms with Crippen LogP contribution in [-0.2, 0) is 11.2 Å². The summed E-state index contributed by atoms with van der Waals surface area (Å²) in [7, 11) is 0. The lowest BCUT2D eigenvalue weighted by Gasteiger charge is -2.12. The van der Waals surface area contributed by atoms with E-state index in [0.717, 1.165) is 11.1 Å². The summed E-state index contributed by atoms with van der Waals surface area (Å²) in [5, 5.41) is 29.4. The molecule has 3 aromatic rings. The normalized spacial score (nSPS) is 12.0. The van der Waals surface area contributed by atoms with Gasteiger partial charge < -0.3 is 20.1 Å². The van der Waals surface area contributed by atoms with Crippen molar-refractivity contribution in [2.45, 2.75) is 19.4 Å². The lowest BCUT2D eigenvalue weighted by molar-refractivity contribution is -0.122. The van der Waals surface area contributed by atoms with Crippen LogP contribution in [0.1, 0.15) is 27.0 Å². The number of phenols is 2. The molecule has 3 N–H and O–H groups in total. The molecule has 0 radical (unpaired) electrons. The minimum Gasteiger partial charge on any atom is -0.508 e. The molecule has 0 amide bonds. The van der Waals surface area contributed by atoms with Gasteiger partial charge in [0.05, 0.1) is 5.56 Å². The molecule has 0 aliphatic carbocycles. The van der Waals surface area contributed by atoms with Gasteiger partial charge in [0.1, 0.15) is 18.4 Å². The average molecular weight is 512 g/mol. The molecular formula is C25H22BrNO6. The smallest absolute Gasteiger partial charge is 0.343 e. The number of benzene rings is 3. The molecule has 7 nitrogen and oxygen atoms in total. The van der Waals surface area contributed by atoms with Crippen LogP contribution in [0.25, 0.3) is 0 Å². The minimum absolute atomic E-state index is 0.0686. The highest BCUT2D eigenvalue weighted by atomic mass is 79.9. The van der Waals surface area contributed by atoms with E-state index in [4.69, 9.17) is 4.74 Å². The number of aliphatic imine (C=N–C) groups is 1. The minimum atomic E-state index is -0.906. The number of ketones is 1. The van der Waals surface area contributed by atoms with Gasteiger partial charge in [0, 0.05) is 22.7 Å². The highest BCUT2D eigenvalue weighted by Crippen LogP contribution is 2.33. The summed E-state index contributed by atoms with van der Waals surface area (Å²) in [4.78, 5) is 28.9. The van der Waals surface area contributed by atoms with Crippen LogP contribution < -0.4 is 4.74 Å². The Labute approximate surface area is 199 Å². The van der Waals surface area contributed by atoms with Crippen LogP contribution in [0.5, 0.6) is 17.2 Å². The quantitative estimate of drug-likeness (QED) is 0.239. The summed E-state index contributed by atoms with van der Waals surface area (Å²) in [5.74, 6) is -1.42. The predicted octanol–water partition coefficient (Wildman–Crippen LogP) is 3.98. The number of ether oxygens (including phenoxy) is 1. The zero-order chi connectivity index (χ0) is 24.0. The SMILES string of the molecule is Cc1cccc(C(=O)Oc2cc(Br)cc(C=NC(Cc3ccc(O)cc3)C(=O)CO)c2O)c1. The summed E-state index contributed by atoms with van der Waals surface area (Å²) >= 11 is 3.32. The van der Waals surface area contributed by atoms with Crippen LogP contribution in [0.3, 0.4) is 0 Å². The van der Waals surface area contributed by atoms with E-state index in [-0.39, 0.29) is 29.2 Å². The van der Waals surface area contributed by atoms with Crippen LogP contribution >= 0.6 is 15.9 Å². The van der Waals surface area contributed by atoms with Crippen LogP contribution in [0, 0.1) is 6.92 Å². The maximum Gasteiger partial charge on any atom is 0.343 e. The number of aliphatic hydroxyl groups excluding tert-OH is 1. The van der Waals surface area contributed by atoms with Crippen LogP contribution in [-0.4, -0.2) is 45.9 Å². The number of nitrogens with zero attached hydrogens (tertiary/aromatic N) is 1. The maximum atomic E-state index is 12.5. The van der Waals surface area contributed by atoms with Gasteiger partial charge in [-0.05, 0) is 48.9 Å². The first-order chi connectivity index (χ1) is 15.8. The van der Waals surface area contributed by atoms with Gasteiger partial charge in [0.15, 0.2) is 17.3 Å². The highest BCUT2D eigenvalue weighted by molar-refractivity contribution is 9.10. The molecule has 1 atom stereocenters. The number of hydrogen-bond acceptors (Lipinski definition) is 7. The van der Waals surface area contributed by atoms with Gasteiger partial charge in [0.25, 0.3) is 0 Å². The van der Waals surface area contributed by atoms with Crippen molar-refractivity contribution >= 4 is 33.9 Å². The zero-order valence-corrected chi connectivity index (χ0v) is 19.3. The molecule has 1 unspecified atom stereocenters. The van der Waals surface area contributed by atoms with Crippen molar-refractivity contribution in [3.8, 4) is 17.2 Å².